The van der Waals surface area contributed by atoms with Crippen molar-refractivity contribution in [1.29, 1.82) is 0 Å². The van der Waals surface area contributed by atoms with Crippen molar-refractivity contribution < 1.29 is 14.0 Å². The second-order valence-electron chi connectivity index (χ2n) is 7.19. The Hall–Kier alpha value is -2.17. The van der Waals surface area contributed by atoms with Gasteiger partial charge in [-0.25, -0.2) is 4.39 Å². The summed E-state index contributed by atoms with van der Waals surface area (Å²) in [5.41, 5.74) is 0.409. The zero-order valence-corrected chi connectivity index (χ0v) is 15.2. The summed E-state index contributed by atoms with van der Waals surface area (Å²) >= 11 is 0. The molecule has 0 saturated carbocycles. The van der Waals surface area contributed by atoms with Crippen LogP contribution in [0.25, 0.3) is 6.08 Å². The van der Waals surface area contributed by atoms with Crippen molar-refractivity contribution in [2.75, 3.05) is 26.2 Å². The summed E-state index contributed by atoms with van der Waals surface area (Å²) in [5, 5.41) is 0. The standard InChI is InChI=1S/C21H27FN2O2/c22-19-8-4-3-7-17(19)9-10-20(25)23-15-11-18(12-16-23)21(26)24-13-5-1-2-6-14-24/h3-4,7-10,18H,1-2,5-6,11-16H2/b10-9+. The molecule has 0 bridgehead atoms. The molecule has 3 rings (SSSR count). The van der Waals surface area contributed by atoms with Crippen molar-refractivity contribution in [3.8, 4) is 0 Å². The average Bonchev–Trinajstić information content (AvgIpc) is 2.96. The first-order valence-corrected chi connectivity index (χ1v) is 9.65. The van der Waals surface area contributed by atoms with Crippen LogP contribution in [0.2, 0.25) is 0 Å². The second-order valence-corrected chi connectivity index (χ2v) is 7.19. The van der Waals surface area contributed by atoms with Crippen molar-refractivity contribution in [3.63, 3.8) is 0 Å². The van der Waals surface area contributed by atoms with Gasteiger partial charge in [0.05, 0.1) is 0 Å². The molecule has 2 saturated heterocycles. The Morgan fingerprint density at radius 1 is 0.923 bits per heavy atom. The van der Waals surface area contributed by atoms with Gasteiger partial charge in [0.1, 0.15) is 5.82 Å². The van der Waals surface area contributed by atoms with E-state index in [0.29, 0.717) is 31.5 Å². The van der Waals surface area contributed by atoms with Crippen molar-refractivity contribution in [3.05, 3.63) is 41.7 Å². The van der Waals surface area contributed by atoms with Crippen molar-refractivity contribution in [1.82, 2.24) is 9.80 Å². The molecule has 1 aromatic rings. The molecule has 0 atom stereocenters. The summed E-state index contributed by atoms with van der Waals surface area (Å²) in [7, 11) is 0. The van der Waals surface area contributed by atoms with Gasteiger partial charge in [-0.15, -0.1) is 0 Å². The lowest BCUT2D eigenvalue weighted by molar-refractivity contribution is -0.139. The van der Waals surface area contributed by atoms with E-state index in [-0.39, 0.29) is 23.5 Å². The third-order valence-corrected chi connectivity index (χ3v) is 5.38. The molecule has 4 nitrogen and oxygen atoms in total. The van der Waals surface area contributed by atoms with Gasteiger partial charge in [0, 0.05) is 43.7 Å². The number of hydrogen-bond acceptors (Lipinski definition) is 2. The predicted molar refractivity (Wildman–Crippen MR) is 99.8 cm³/mol. The Morgan fingerprint density at radius 3 is 2.23 bits per heavy atom. The minimum absolute atomic E-state index is 0.0349. The molecule has 1 aromatic carbocycles. The third-order valence-electron chi connectivity index (χ3n) is 5.38. The molecule has 0 aliphatic carbocycles. The van der Waals surface area contributed by atoms with Gasteiger partial charge in [0.15, 0.2) is 0 Å². The van der Waals surface area contributed by atoms with Crippen molar-refractivity contribution >= 4 is 17.9 Å². The lowest BCUT2D eigenvalue weighted by Crippen LogP contribution is -2.44. The van der Waals surface area contributed by atoms with E-state index in [1.165, 1.54) is 31.1 Å². The van der Waals surface area contributed by atoms with Gasteiger partial charge in [-0.3, -0.25) is 9.59 Å². The number of carbonyl (C=O) groups is 2. The summed E-state index contributed by atoms with van der Waals surface area (Å²) < 4.78 is 13.6. The first-order valence-electron chi connectivity index (χ1n) is 9.65. The Morgan fingerprint density at radius 2 is 1.58 bits per heavy atom. The molecular formula is C21H27FN2O2. The van der Waals surface area contributed by atoms with E-state index in [1.54, 1.807) is 23.1 Å². The molecule has 2 heterocycles. The Balaban J connectivity index is 1.50. The number of halogens is 1. The molecule has 0 N–H and O–H groups in total. The van der Waals surface area contributed by atoms with E-state index in [0.717, 1.165) is 25.9 Å². The number of carbonyl (C=O) groups excluding carboxylic acids is 2. The largest absolute Gasteiger partial charge is 0.342 e. The molecule has 0 aromatic heterocycles. The fourth-order valence-electron chi connectivity index (χ4n) is 3.77. The van der Waals surface area contributed by atoms with Crippen LogP contribution in [0.4, 0.5) is 4.39 Å². The van der Waals surface area contributed by atoms with Crippen LogP contribution in [0.1, 0.15) is 44.1 Å². The maximum Gasteiger partial charge on any atom is 0.246 e. The van der Waals surface area contributed by atoms with Gasteiger partial charge < -0.3 is 9.80 Å². The van der Waals surface area contributed by atoms with Gasteiger partial charge in [0.2, 0.25) is 11.8 Å². The highest BCUT2D eigenvalue weighted by molar-refractivity contribution is 5.92. The molecule has 2 aliphatic heterocycles. The number of piperidine rings is 1. The van der Waals surface area contributed by atoms with Gasteiger partial charge in [0.25, 0.3) is 0 Å². The lowest BCUT2D eigenvalue weighted by atomic mass is 9.95. The highest BCUT2D eigenvalue weighted by Crippen LogP contribution is 2.22. The Kier molecular flexibility index (Phi) is 6.42. The van der Waals surface area contributed by atoms with E-state index in [9.17, 15) is 14.0 Å². The van der Waals surface area contributed by atoms with E-state index in [2.05, 4.69) is 0 Å². The molecule has 140 valence electrons. The SMILES string of the molecule is O=C(/C=C/c1ccccc1F)N1CCC(C(=O)N2CCCCCC2)CC1. The zero-order valence-electron chi connectivity index (χ0n) is 15.2. The summed E-state index contributed by atoms with van der Waals surface area (Å²) in [6.07, 6.45) is 9.01. The third kappa shape index (κ3) is 4.71. The predicted octanol–water partition coefficient (Wildman–Crippen LogP) is 3.48. The molecule has 0 unspecified atom stereocenters. The molecule has 5 heteroatoms. The van der Waals surface area contributed by atoms with E-state index in [4.69, 9.17) is 0 Å². The maximum atomic E-state index is 13.6. The quantitative estimate of drug-likeness (QED) is 0.776. The number of rotatable bonds is 3. The van der Waals surface area contributed by atoms with Crippen molar-refractivity contribution in [2.45, 2.75) is 38.5 Å². The molecular weight excluding hydrogens is 331 g/mol. The molecule has 26 heavy (non-hydrogen) atoms. The molecule has 0 radical (unpaired) electrons. The average molecular weight is 358 g/mol. The van der Waals surface area contributed by atoms with E-state index < -0.39 is 0 Å². The highest BCUT2D eigenvalue weighted by atomic mass is 19.1. The Labute approximate surface area is 154 Å². The molecule has 0 spiro atoms. The molecule has 2 aliphatic rings. The Bertz CT molecular complexity index is 658. The number of benzene rings is 1. The van der Waals surface area contributed by atoms with Crippen LogP contribution < -0.4 is 0 Å². The van der Waals surface area contributed by atoms with Crippen LogP contribution in [0, 0.1) is 11.7 Å². The summed E-state index contributed by atoms with van der Waals surface area (Å²) in [6.45, 7) is 2.93. The normalized spacial score (nSPS) is 19.6. The first-order chi connectivity index (χ1) is 12.6. The number of hydrogen-bond donors (Lipinski definition) is 0. The maximum absolute atomic E-state index is 13.6. The number of amides is 2. The van der Waals surface area contributed by atoms with E-state index >= 15 is 0 Å². The zero-order chi connectivity index (χ0) is 18.4. The minimum Gasteiger partial charge on any atom is -0.342 e. The van der Waals surface area contributed by atoms with Crippen molar-refractivity contribution in [2.24, 2.45) is 5.92 Å². The summed E-state index contributed by atoms with van der Waals surface area (Å²) in [4.78, 5) is 28.8. The van der Waals surface area contributed by atoms with Gasteiger partial charge in [-0.2, -0.15) is 0 Å². The number of likely N-dealkylation sites (tertiary alicyclic amines) is 2. The fourth-order valence-corrected chi connectivity index (χ4v) is 3.77. The topological polar surface area (TPSA) is 40.6 Å². The van der Waals surface area contributed by atoms with E-state index in [1.807, 2.05) is 4.90 Å². The number of nitrogens with zero attached hydrogens (tertiary/aromatic N) is 2. The minimum atomic E-state index is -0.335. The monoisotopic (exact) mass is 358 g/mol. The van der Waals surface area contributed by atoms with Gasteiger partial charge in [-0.1, -0.05) is 31.0 Å². The van der Waals surface area contributed by atoms with Crippen LogP contribution in [-0.2, 0) is 9.59 Å². The fraction of sp³-hybridized carbons (Fsp3) is 0.524. The van der Waals surface area contributed by atoms with Crippen LogP contribution in [-0.4, -0.2) is 47.8 Å². The van der Waals surface area contributed by atoms with Crippen LogP contribution in [0.5, 0.6) is 0 Å². The summed E-state index contributed by atoms with van der Waals surface area (Å²) in [5.74, 6) is -0.152. The molecule has 2 amide bonds. The second kappa shape index (κ2) is 8.97. The van der Waals surface area contributed by atoms with Gasteiger partial charge >= 0.3 is 0 Å². The highest BCUT2D eigenvalue weighted by Gasteiger charge is 2.29. The summed E-state index contributed by atoms with van der Waals surface area (Å²) in [6, 6.07) is 6.39. The lowest BCUT2D eigenvalue weighted by Gasteiger charge is -2.33. The van der Waals surface area contributed by atoms with Crippen LogP contribution in [0.3, 0.4) is 0 Å². The first kappa shape index (κ1) is 18.6. The van der Waals surface area contributed by atoms with Crippen LogP contribution in [0.15, 0.2) is 30.3 Å². The van der Waals surface area contributed by atoms with Gasteiger partial charge in [-0.05, 0) is 37.8 Å². The smallest absolute Gasteiger partial charge is 0.246 e. The molecule has 2 fully saturated rings. The van der Waals surface area contributed by atoms with Crippen LogP contribution >= 0.6 is 0 Å².